The molecule has 1 aliphatic carbocycles. The number of amides is 1. The molecule has 3 aliphatic heterocycles. The highest BCUT2D eigenvalue weighted by atomic mass is 16.7. The van der Waals surface area contributed by atoms with Crippen LogP contribution in [0.4, 0.5) is 11.5 Å². The van der Waals surface area contributed by atoms with E-state index in [0.29, 0.717) is 28.9 Å². The number of aromatic nitrogens is 1. The van der Waals surface area contributed by atoms with Crippen LogP contribution in [0.3, 0.4) is 0 Å². The van der Waals surface area contributed by atoms with E-state index in [2.05, 4.69) is 20.3 Å². The largest absolute Gasteiger partial charge is 0.486 e. The van der Waals surface area contributed by atoms with Crippen LogP contribution in [0, 0.1) is 5.41 Å². The summed E-state index contributed by atoms with van der Waals surface area (Å²) in [5.41, 5.74) is 8.09. The summed E-state index contributed by atoms with van der Waals surface area (Å²) >= 11 is 0. The zero-order valence-corrected chi connectivity index (χ0v) is 32.9. The van der Waals surface area contributed by atoms with Gasteiger partial charge in [-0.1, -0.05) is 42.5 Å². The number of anilines is 1. The van der Waals surface area contributed by atoms with E-state index in [-0.39, 0.29) is 88.8 Å². The molecule has 0 bridgehead atoms. The highest BCUT2D eigenvalue weighted by Crippen LogP contribution is 2.45. The number of ether oxygens (including phenoxy) is 4. The van der Waals surface area contributed by atoms with Gasteiger partial charge in [0, 0.05) is 46.9 Å². The Hall–Kier alpha value is -6.58. The van der Waals surface area contributed by atoms with Crippen molar-refractivity contribution in [1.82, 2.24) is 10.3 Å². The first-order valence-electron chi connectivity index (χ1n) is 19.7. The second-order valence-electron chi connectivity index (χ2n) is 14.9. The first kappa shape index (κ1) is 42.1. The molecule has 1 fully saturated rings. The predicted octanol–water partition coefficient (Wildman–Crippen LogP) is -0.804. The van der Waals surface area contributed by atoms with E-state index in [9.17, 15) is 39.6 Å². The molecule has 19 heteroatoms. The Morgan fingerprint density at radius 2 is 1.74 bits per heavy atom. The number of nitrogens with one attached hydrogen (secondary N) is 3. The summed E-state index contributed by atoms with van der Waals surface area (Å²) < 4.78 is 25.1. The maximum Gasteiger partial charge on any atom is 0.284 e. The fourth-order valence-corrected chi connectivity index (χ4v) is 7.87. The first-order valence-corrected chi connectivity index (χ1v) is 19.7. The molecule has 4 heterocycles. The molecule has 4 aromatic rings. The number of guanidine groups is 1. The zero-order chi connectivity index (χ0) is 43.7. The molecule has 4 aliphatic rings. The summed E-state index contributed by atoms with van der Waals surface area (Å²) in [6.45, 7) is -1.24. The molecular weight excluding hydrogens is 807 g/mol. The Morgan fingerprint density at radius 3 is 2.50 bits per heavy atom. The van der Waals surface area contributed by atoms with Crippen LogP contribution in [-0.4, -0.2) is 130 Å². The summed E-state index contributed by atoms with van der Waals surface area (Å²) in [6.07, 6.45) is -7.11. The fraction of sp³-hybridized carbons (Fsp3) is 0.302. The molecule has 19 nitrogen and oxygen atoms in total. The normalized spacial score (nSPS) is 23.4. The topological polar surface area (TPSA) is 290 Å². The third kappa shape index (κ3) is 8.12. The summed E-state index contributed by atoms with van der Waals surface area (Å²) in [7, 11) is 0. The highest BCUT2D eigenvalue weighted by Gasteiger charge is 2.48. The predicted molar refractivity (Wildman–Crippen MR) is 218 cm³/mol. The van der Waals surface area contributed by atoms with Crippen LogP contribution in [0.2, 0.25) is 0 Å². The summed E-state index contributed by atoms with van der Waals surface area (Å²) in [4.78, 5) is 66.1. The quantitative estimate of drug-likeness (QED) is 0.0599. The number of aliphatic imine (C=N–C) groups is 2. The van der Waals surface area contributed by atoms with Gasteiger partial charge in [-0.15, -0.1) is 0 Å². The Bertz CT molecular complexity index is 2530. The minimum atomic E-state index is -1.68. The van der Waals surface area contributed by atoms with Gasteiger partial charge in [-0.25, -0.2) is 14.9 Å². The van der Waals surface area contributed by atoms with Crippen LogP contribution in [0.25, 0.3) is 0 Å². The van der Waals surface area contributed by atoms with E-state index < -0.39 is 67.5 Å². The van der Waals surface area contributed by atoms with Crippen LogP contribution in [0.1, 0.15) is 55.0 Å². The average molecular weight is 849 g/mol. The molecule has 62 heavy (non-hydrogen) atoms. The third-order valence-electron chi connectivity index (χ3n) is 10.9. The number of rotatable bonds is 15. The number of hydrogen-bond donors (Lipinski definition) is 8. The number of aliphatic hydroxyl groups is 4. The van der Waals surface area contributed by atoms with Gasteiger partial charge in [0.15, 0.2) is 29.7 Å². The van der Waals surface area contributed by atoms with Crippen molar-refractivity contribution in [2.45, 2.75) is 56.1 Å². The standard InChI is InChI=1S/C43H41N7O12/c44-30-15-21(9-12-46-30)11-14-59-39-36(57)35(56)29(18-52)61-42(39)62-37-23(16-22-5-1-4-8-28(22)50-20-47-32-40(50)48-43(45)49-41(32)58)17-27-31(38(37)60-19-24(53)10-13-51)34(55)26-7-3-2-6-25(26)33(27)54/h1-9,12-13,15,17,24,29,35-36,39,42,52-53,56-57H,10-11,14,16,18-20H2,(H2,44,46)(H2,45,49,58)/p+1. The van der Waals surface area contributed by atoms with E-state index in [0.717, 1.165) is 5.56 Å². The van der Waals surface area contributed by atoms with Gasteiger partial charge in [0.25, 0.3) is 11.7 Å². The summed E-state index contributed by atoms with van der Waals surface area (Å²) in [5, 5.41) is 53.8. The number of carbonyl (C=O) groups is 4. The van der Waals surface area contributed by atoms with Gasteiger partial charge >= 0.3 is 0 Å². The number of fused-ring (bicyclic) bond motifs is 3. The van der Waals surface area contributed by atoms with Gasteiger partial charge in [-0.05, 0) is 36.2 Å². The van der Waals surface area contributed by atoms with Gasteiger partial charge in [-0.2, -0.15) is 4.99 Å². The first-order chi connectivity index (χ1) is 30.0. The molecule has 1 saturated heterocycles. The number of nitrogens with two attached hydrogens (primary N) is 1. The average Bonchev–Trinajstić information content (AvgIpc) is 3.69. The summed E-state index contributed by atoms with van der Waals surface area (Å²) in [6, 6.07) is 18.2. The molecule has 0 saturated carbocycles. The minimum Gasteiger partial charge on any atom is -0.486 e. The molecular formula is C43H42N7O12+. The van der Waals surface area contributed by atoms with Crippen LogP contribution < -0.4 is 25.4 Å². The summed E-state index contributed by atoms with van der Waals surface area (Å²) in [5.74, 6) is -1.99. The van der Waals surface area contributed by atoms with Crippen molar-refractivity contribution in [3.05, 3.63) is 112 Å². The number of aldehydes is 1. The molecule has 0 spiro atoms. The lowest BCUT2D eigenvalue weighted by molar-refractivity contribution is -0.723. The van der Waals surface area contributed by atoms with Gasteiger partial charge in [0.2, 0.25) is 18.0 Å². The molecule has 9 N–H and O–H groups in total. The van der Waals surface area contributed by atoms with Crippen molar-refractivity contribution in [3.8, 4) is 11.5 Å². The number of benzene rings is 3. The molecule has 7 atom stereocenters. The Morgan fingerprint density at radius 1 is 0.984 bits per heavy atom. The van der Waals surface area contributed by atoms with Crippen molar-refractivity contribution >= 4 is 52.8 Å². The maximum atomic E-state index is 14.5. The number of para-hydroxylation sites is 1. The lowest BCUT2D eigenvalue weighted by Crippen LogP contribution is -3.09. The zero-order valence-electron chi connectivity index (χ0n) is 32.9. The van der Waals surface area contributed by atoms with E-state index in [1.165, 1.54) is 24.4 Å². The van der Waals surface area contributed by atoms with Gasteiger partial charge in [-0.3, -0.25) is 25.1 Å². The number of hydrogen-bond acceptors (Lipinski definition) is 16. The van der Waals surface area contributed by atoms with Crippen molar-refractivity contribution < 1.29 is 63.5 Å². The van der Waals surface area contributed by atoms with Gasteiger partial charge < -0.3 is 49.9 Å². The van der Waals surface area contributed by atoms with Crippen molar-refractivity contribution in [2.75, 3.05) is 32.2 Å². The third-order valence-corrected chi connectivity index (χ3v) is 10.9. The molecule has 8 rings (SSSR count). The molecule has 320 valence electrons. The van der Waals surface area contributed by atoms with Crippen LogP contribution in [0.5, 0.6) is 11.5 Å². The number of pyridine rings is 1. The number of aliphatic hydroxyl groups excluding tert-OH is 4. The monoisotopic (exact) mass is 848 g/mol. The Kier molecular flexibility index (Phi) is 12.1. The number of nitrogen functional groups attached to an aromatic ring is 1. The molecule has 1 aromatic heterocycles. The van der Waals surface area contributed by atoms with Gasteiger partial charge in [0.05, 0.1) is 24.9 Å². The van der Waals surface area contributed by atoms with Crippen LogP contribution in [0.15, 0.2) is 82.9 Å². The van der Waals surface area contributed by atoms with E-state index >= 15 is 0 Å². The van der Waals surface area contributed by atoms with Crippen LogP contribution >= 0.6 is 0 Å². The molecule has 3 aromatic carbocycles. The number of carbonyl (C=O) groups excluding carboxylic acids is 4. The van der Waals surface area contributed by atoms with Crippen molar-refractivity contribution in [1.29, 1.82) is 5.41 Å². The van der Waals surface area contributed by atoms with Crippen LogP contribution in [-0.2, 0) is 31.9 Å². The number of ketones is 2. The van der Waals surface area contributed by atoms with Crippen molar-refractivity contribution in [2.24, 2.45) is 9.98 Å². The van der Waals surface area contributed by atoms with Crippen molar-refractivity contribution in [3.63, 3.8) is 0 Å². The molecule has 0 radical (unpaired) electrons. The van der Waals surface area contributed by atoms with E-state index in [4.69, 9.17) is 30.1 Å². The second kappa shape index (κ2) is 17.8. The maximum absolute atomic E-state index is 14.5. The van der Waals surface area contributed by atoms with Gasteiger partial charge in [0.1, 0.15) is 48.8 Å². The lowest BCUT2D eigenvalue weighted by atomic mass is 9.81. The smallest absolute Gasteiger partial charge is 0.284 e. The number of nitrogens with zero attached hydrogens (tertiary/aromatic N) is 3. The molecule has 7 unspecified atom stereocenters. The second-order valence-corrected chi connectivity index (χ2v) is 14.9. The highest BCUT2D eigenvalue weighted by molar-refractivity contribution is 6.68. The Balaban J connectivity index is 1.26. The lowest BCUT2D eigenvalue weighted by Gasteiger charge is -2.42. The minimum absolute atomic E-state index is 0.0393. The Labute approximate surface area is 353 Å². The molecule has 1 amide bonds. The van der Waals surface area contributed by atoms with E-state index in [1.54, 1.807) is 48.5 Å². The van der Waals surface area contributed by atoms with E-state index in [1.807, 2.05) is 0 Å². The number of quaternary nitrogens is 1. The number of amidine groups is 1. The fourth-order valence-electron chi connectivity index (χ4n) is 7.87. The SMILES string of the molecule is N=C1N=C2C(=NC[NH+]2c2ccccc2Cc2cc3c(c(OCC(O)CC=O)c2OC2OC(CO)C(O)C(O)C2OCCc2ccnc(N)c2)C(=O)c2ccccc2C3=O)C(=O)N1.